The van der Waals surface area contributed by atoms with Crippen molar-refractivity contribution in [1.29, 1.82) is 0 Å². The van der Waals surface area contributed by atoms with Crippen LogP contribution in [0.2, 0.25) is 18.1 Å². The normalized spacial score (nSPS) is 12.0. The van der Waals surface area contributed by atoms with Crippen molar-refractivity contribution in [3.8, 4) is 28.3 Å². The Morgan fingerprint density at radius 3 is 2.29 bits per heavy atom. The van der Waals surface area contributed by atoms with E-state index in [4.69, 9.17) is 48.7 Å². The number of amides is 2. The molecule has 0 radical (unpaired) electrons. The maximum Gasteiger partial charge on any atom is 0.412 e. The highest BCUT2D eigenvalue weighted by molar-refractivity contribution is 6.74. The summed E-state index contributed by atoms with van der Waals surface area (Å²) in [5, 5.41) is 4.65. The molecule has 0 unspecified atom stereocenters. The highest BCUT2D eigenvalue weighted by atomic mass is 35.6. The van der Waals surface area contributed by atoms with Crippen molar-refractivity contribution in [2.75, 3.05) is 37.6 Å². The average molecular weight is 706 g/mol. The number of halogens is 5. The molecular formula is C29H33Cl3F2N4O6Si. The molecular weight excluding hydrogens is 673 g/mol. The van der Waals surface area contributed by atoms with Gasteiger partial charge in [-0.05, 0) is 48.0 Å². The van der Waals surface area contributed by atoms with Crippen LogP contribution in [0.15, 0.2) is 42.6 Å². The number of benzene rings is 1. The summed E-state index contributed by atoms with van der Waals surface area (Å²) in [7, 11) is -0.835. The largest absolute Gasteiger partial charge is 0.475 e. The lowest BCUT2D eigenvalue weighted by molar-refractivity contribution is 0.163. The first-order valence-corrected chi connectivity index (χ1v) is 17.5. The minimum Gasteiger partial charge on any atom is -0.475 e. The second kappa shape index (κ2) is 14.9. The van der Waals surface area contributed by atoms with E-state index >= 15 is 4.39 Å². The van der Waals surface area contributed by atoms with Crippen LogP contribution in [-0.2, 0) is 13.9 Å². The molecule has 1 aromatic carbocycles. The Balaban J connectivity index is 1.99. The molecule has 0 spiro atoms. The van der Waals surface area contributed by atoms with Gasteiger partial charge in [-0.3, -0.25) is 10.6 Å². The minimum atomic E-state index is -2.05. The van der Waals surface area contributed by atoms with Crippen LogP contribution in [-0.4, -0.2) is 61.2 Å². The number of carbonyl (C=O) groups is 2. The van der Waals surface area contributed by atoms with Gasteiger partial charge in [-0.25, -0.2) is 28.3 Å². The second-order valence-electron chi connectivity index (χ2n) is 11.2. The van der Waals surface area contributed by atoms with Crippen molar-refractivity contribution in [3.63, 3.8) is 0 Å². The van der Waals surface area contributed by atoms with Gasteiger partial charge in [-0.1, -0.05) is 55.6 Å². The summed E-state index contributed by atoms with van der Waals surface area (Å²) in [6, 6.07) is 7.83. The van der Waals surface area contributed by atoms with Gasteiger partial charge in [0, 0.05) is 29.5 Å². The van der Waals surface area contributed by atoms with Gasteiger partial charge in [0.1, 0.15) is 30.7 Å². The molecule has 0 atom stereocenters. The molecule has 244 valence electrons. The van der Waals surface area contributed by atoms with Crippen molar-refractivity contribution < 1.29 is 37.0 Å². The number of aromatic nitrogens is 2. The molecule has 10 nitrogen and oxygen atoms in total. The number of rotatable bonds is 10. The first-order valence-electron chi connectivity index (χ1n) is 13.5. The van der Waals surface area contributed by atoms with Crippen LogP contribution >= 0.6 is 34.8 Å². The molecule has 16 heteroatoms. The Morgan fingerprint density at radius 1 is 0.933 bits per heavy atom. The molecule has 2 N–H and O–H groups in total. The van der Waals surface area contributed by atoms with Gasteiger partial charge in [-0.2, -0.15) is 0 Å². The molecule has 0 fully saturated rings. The van der Waals surface area contributed by atoms with Crippen LogP contribution < -0.4 is 15.4 Å². The summed E-state index contributed by atoms with van der Waals surface area (Å²) in [5.74, 6) is -1.71. The minimum absolute atomic E-state index is 0.00502. The van der Waals surface area contributed by atoms with Gasteiger partial charge in [-0.15, -0.1) is 0 Å². The number of alkyl halides is 3. The van der Waals surface area contributed by atoms with Crippen LogP contribution in [0.25, 0.3) is 22.4 Å². The number of hydrogen-bond acceptors (Lipinski definition) is 8. The Bertz CT molecular complexity index is 1540. The summed E-state index contributed by atoms with van der Waals surface area (Å²) in [4.78, 5) is 32.6. The van der Waals surface area contributed by atoms with Crippen molar-refractivity contribution >= 4 is 66.8 Å². The zero-order chi connectivity index (χ0) is 33.6. The van der Waals surface area contributed by atoms with Crippen LogP contribution in [0.5, 0.6) is 5.88 Å². The van der Waals surface area contributed by atoms with E-state index < -0.39 is 48.2 Å². The van der Waals surface area contributed by atoms with Crippen molar-refractivity contribution in [3.05, 3.63) is 54.2 Å². The second-order valence-corrected chi connectivity index (χ2v) is 18.5. The molecule has 0 saturated heterocycles. The van der Waals surface area contributed by atoms with E-state index in [9.17, 15) is 14.0 Å². The van der Waals surface area contributed by atoms with Crippen LogP contribution in [0.1, 0.15) is 20.8 Å². The number of carbonyl (C=O) groups excluding carboxylic acids is 2. The van der Waals surface area contributed by atoms with Gasteiger partial charge in [0.2, 0.25) is 9.67 Å². The molecule has 2 aromatic heterocycles. The molecule has 0 saturated carbocycles. The lowest BCUT2D eigenvalue weighted by atomic mass is 10.0. The van der Waals surface area contributed by atoms with E-state index in [0.717, 1.165) is 6.07 Å². The van der Waals surface area contributed by atoms with Crippen LogP contribution in [0.3, 0.4) is 0 Å². The third kappa shape index (κ3) is 10.7. The summed E-state index contributed by atoms with van der Waals surface area (Å²) in [6.45, 7) is 10.4. The number of nitrogens with one attached hydrogen (secondary N) is 2. The number of hydrogen-bond donors (Lipinski definition) is 2. The van der Waals surface area contributed by atoms with E-state index in [1.165, 1.54) is 31.5 Å². The number of nitrogens with zero attached hydrogens (tertiary/aromatic N) is 2. The van der Waals surface area contributed by atoms with E-state index in [2.05, 4.69) is 59.2 Å². The fourth-order valence-corrected chi connectivity index (χ4v) is 4.71. The monoisotopic (exact) mass is 704 g/mol. The quantitative estimate of drug-likeness (QED) is 0.122. The highest BCUT2D eigenvalue weighted by Gasteiger charge is 2.37. The maximum absolute atomic E-state index is 15.2. The predicted molar refractivity (Wildman–Crippen MR) is 173 cm³/mol. The fourth-order valence-electron chi connectivity index (χ4n) is 3.52. The van der Waals surface area contributed by atoms with Gasteiger partial charge in [0.25, 0.3) is 0 Å². The first-order chi connectivity index (χ1) is 20.9. The van der Waals surface area contributed by atoms with Gasteiger partial charge in [0.05, 0.1) is 25.1 Å². The highest BCUT2D eigenvalue weighted by Crippen LogP contribution is 2.37. The van der Waals surface area contributed by atoms with E-state index in [0.29, 0.717) is 17.3 Å². The molecule has 3 aromatic rings. The van der Waals surface area contributed by atoms with Crippen molar-refractivity contribution in [1.82, 2.24) is 9.97 Å². The molecule has 0 aliphatic rings. The van der Waals surface area contributed by atoms with Gasteiger partial charge < -0.3 is 18.6 Å². The molecule has 0 aliphatic heterocycles. The molecule has 0 bridgehead atoms. The Labute approximate surface area is 275 Å². The fraction of sp³-hybridized carbons (Fsp3) is 0.379. The SMILES string of the molecule is COC(=O)Nc1cc(-c2cc(-c3cc(NC(=O)OCC(Cl)(Cl)Cl)c(F)cc3F)cc(OCCO[Si](C)(C)C(C)(C)C)n2)ccn1. The molecule has 0 aliphatic carbocycles. The molecule has 3 rings (SSSR count). The third-order valence-corrected chi connectivity index (χ3v) is 11.7. The number of anilines is 2. The summed E-state index contributed by atoms with van der Waals surface area (Å²) in [5.41, 5.74) is 0.536. The van der Waals surface area contributed by atoms with E-state index in [-0.39, 0.29) is 41.1 Å². The predicted octanol–water partition coefficient (Wildman–Crippen LogP) is 8.59. The lowest BCUT2D eigenvalue weighted by Crippen LogP contribution is -2.41. The lowest BCUT2D eigenvalue weighted by Gasteiger charge is -2.36. The van der Waals surface area contributed by atoms with Crippen LogP contribution in [0, 0.1) is 11.6 Å². The van der Waals surface area contributed by atoms with E-state index in [1.54, 1.807) is 6.07 Å². The van der Waals surface area contributed by atoms with Crippen molar-refractivity contribution in [2.24, 2.45) is 0 Å². The first kappa shape index (κ1) is 36.2. The van der Waals surface area contributed by atoms with Gasteiger partial charge >= 0.3 is 12.2 Å². The Morgan fingerprint density at radius 2 is 1.64 bits per heavy atom. The zero-order valence-electron chi connectivity index (χ0n) is 25.4. The summed E-state index contributed by atoms with van der Waals surface area (Å²) >= 11 is 16.8. The zero-order valence-corrected chi connectivity index (χ0v) is 28.7. The van der Waals surface area contributed by atoms with Crippen LogP contribution in [0.4, 0.5) is 29.9 Å². The Kier molecular flexibility index (Phi) is 12.0. The van der Waals surface area contributed by atoms with E-state index in [1.807, 2.05) is 0 Å². The number of methoxy groups -OCH3 is 1. The van der Waals surface area contributed by atoms with Gasteiger partial charge in [0.15, 0.2) is 8.32 Å². The third-order valence-electron chi connectivity index (χ3n) is 6.85. The van der Waals surface area contributed by atoms with Crippen molar-refractivity contribution in [2.45, 2.75) is 42.7 Å². The smallest absolute Gasteiger partial charge is 0.412 e. The summed E-state index contributed by atoms with van der Waals surface area (Å²) < 4.78 is 49.6. The molecule has 2 heterocycles. The number of pyridine rings is 2. The average Bonchev–Trinajstić information content (AvgIpc) is 2.94. The Hall–Kier alpha value is -3.23. The number of ether oxygens (including phenoxy) is 3. The molecule has 2 amide bonds. The standard InChI is InChI=1S/C29H33Cl3F2N4O6Si/c1-28(2,3)45(5,6)44-10-9-42-25-13-18(11-22(36-25)17-7-8-35-24(12-17)38-26(39)41-4)19-14-23(21(34)15-20(19)33)37-27(40)43-16-29(30,31)32/h7-8,11-15H,9-10,16H2,1-6H3,(H,37,40)(H,35,38,39). The molecule has 45 heavy (non-hydrogen) atoms. The topological polar surface area (TPSA) is 121 Å². The maximum atomic E-state index is 15.2. The summed E-state index contributed by atoms with van der Waals surface area (Å²) in [6.07, 6.45) is -0.416.